The topological polar surface area (TPSA) is 70.4 Å². The zero-order valence-electron chi connectivity index (χ0n) is 18.7. The fraction of sp³-hybridized carbons (Fsp3) is 0.375. The number of anilines is 1. The van der Waals surface area contributed by atoms with Gasteiger partial charge >= 0.3 is 0 Å². The maximum absolute atomic E-state index is 4.79. The van der Waals surface area contributed by atoms with Gasteiger partial charge in [-0.15, -0.1) is 24.0 Å². The van der Waals surface area contributed by atoms with Gasteiger partial charge in [0.05, 0.1) is 18.3 Å². The van der Waals surface area contributed by atoms with Crippen molar-refractivity contribution in [2.45, 2.75) is 39.3 Å². The Balaban J connectivity index is 0.00000289. The molecule has 0 saturated carbocycles. The summed E-state index contributed by atoms with van der Waals surface area (Å²) in [5.41, 5.74) is 4.72. The van der Waals surface area contributed by atoms with E-state index in [2.05, 4.69) is 75.9 Å². The Morgan fingerprint density at radius 1 is 1.09 bits per heavy atom. The van der Waals surface area contributed by atoms with Crippen LogP contribution in [0.4, 0.5) is 5.69 Å². The van der Waals surface area contributed by atoms with E-state index in [0.717, 1.165) is 36.8 Å². The van der Waals surface area contributed by atoms with Crippen LogP contribution in [0.25, 0.3) is 5.69 Å². The van der Waals surface area contributed by atoms with Crippen LogP contribution in [0.15, 0.2) is 66.2 Å². The van der Waals surface area contributed by atoms with Gasteiger partial charge in [0, 0.05) is 25.3 Å². The Morgan fingerprint density at radius 3 is 2.56 bits per heavy atom. The summed E-state index contributed by atoms with van der Waals surface area (Å²) in [6.07, 6.45) is 5.80. The number of rotatable bonds is 7. The van der Waals surface area contributed by atoms with E-state index in [1.54, 1.807) is 11.0 Å². The third kappa shape index (κ3) is 6.21. The molecule has 32 heavy (non-hydrogen) atoms. The van der Waals surface area contributed by atoms with Gasteiger partial charge in [-0.1, -0.05) is 24.3 Å². The number of hydrogen-bond acceptors (Lipinski definition) is 4. The molecule has 2 heterocycles. The molecule has 170 valence electrons. The highest BCUT2D eigenvalue weighted by atomic mass is 127. The first-order valence-electron chi connectivity index (χ1n) is 11.1. The molecule has 2 N–H and O–H groups in total. The SMILES string of the molecule is CCNC(=NCc1ccc(-n2cncn2)cc1)NC(C)c1cccc(N2CCCC2)c1.I. The average molecular weight is 545 g/mol. The number of nitrogens with one attached hydrogen (secondary N) is 2. The van der Waals surface area contributed by atoms with Gasteiger partial charge in [0.1, 0.15) is 12.7 Å². The second-order valence-corrected chi connectivity index (χ2v) is 7.86. The molecule has 3 aromatic rings. The molecule has 0 spiro atoms. The van der Waals surface area contributed by atoms with E-state index < -0.39 is 0 Å². The van der Waals surface area contributed by atoms with E-state index in [1.807, 2.05) is 12.1 Å². The molecule has 2 aromatic carbocycles. The normalized spacial score (nSPS) is 14.7. The maximum Gasteiger partial charge on any atom is 0.192 e. The molecule has 1 atom stereocenters. The van der Waals surface area contributed by atoms with Crippen molar-refractivity contribution < 1.29 is 0 Å². The number of benzene rings is 2. The quantitative estimate of drug-likeness (QED) is 0.263. The molecule has 4 rings (SSSR count). The minimum absolute atomic E-state index is 0. The van der Waals surface area contributed by atoms with Crippen molar-refractivity contribution in [2.75, 3.05) is 24.5 Å². The van der Waals surface area contributed by atoms with E-state index >= 15 is 0 Å². The minimum Gasteiger partial charge on any atom is -0.372 e. The van der Waals surface area contributed by atoms with Crippen LogP contribution in [0.2, 0.25) is 0 Å². The van der Waals surface area contributed by atoms with Crippen molar-refractivity contribution in [1.29, 1.82) is 0 Å². The van der Waals surface area contributed by atoms with Crippen molar-refractivity contribution in [3.05, 3.63) is 72.3 Å². The van der Waals surface area contributed by atoms with E-state index in [1.165, 1.54) is 30.4 Å². The Bertz CT molecular complexity index is 980. The molecule has 0 bridgehead atoms. The first kappa shape index (κ1) is 24.0. The molecule has 1 saturated heterocycles. The molecule has 7 nitrogen and oxygen atoms in total. The highest BCUT2D eigenvalue weighted by Crippen LogP contribution is 2.24. The summed E-state index contributed by atoms with van der Waals surface area (Å²) in [7, 11) is 0. The van der Waals surface area contributed by atoms with Crippen LogP contribution in [-0.2, 0) is 6.54 Å². The lowest BCUT2D eigenvalue weighted by molar-refractivity contribution is 0.686. The molecular weight excluding hydrogens is 513 g/mol. The predicted octanol–water partition coefficient (Wildman–Crippen LogP) is 4.30. The summed E-state index contributed by atoms with van der Waals surface area (Å²) in [4.78, 5) is 11.3. The summed E-state index contributed by atoms with van der Waals surface area (Å²) >= 11 is 0. The zero-order valence-corrected chi connectivity index (χ0v) is 21.1. The number of guanidine groups is 1. The number of hydrogen-bond donors (Lipinski definition) is 2. The van der Waals surface area contributed by atoms with E-state index in [4.69, 9.17) is 4.99 Å². The van der Waals surface area contributed by atoms with E-state index in [9.17, 15) is 0 Å². The zero-order chi connectivity index (χ0) is 21.5. The number of aromatic nitrogens is 3. The summed E-state index contributed by atoms with van der Waals surface area (Å²) in [5, 5.41) is 11.1. The molecule has 0 aliphatic carbocycles. The molecule has 1 unspecified atom stereocenters. The van der Waals surface area contributed by atoms with Gasteiger partial charge in [0.15, 0.2) is 5.96 Å². The third-order valence-corrected chi connectivity index (χ3v) is 5.58. The van der Waals surface area contributed by atoms with Gasteiger partial charge in [-0.05, 0) is 62.1 Å². The van der Waals surface area contributed by atoms with Crippen LogP contribution in [-0.4, -0.2) is 40.4 Å². The van der Waals surface area contributed by atoms with Gasteiger partial charge in [0.2, 0.25) is 0 Å². The van der Waals surface area contributed by atoms with Crippen molar-refractivity contribution >= 4 is 35.6 Å². The molecule has 1 aliphatic heterocycles. The fourth-order valence-corrected chi connectivity index (χ4v) is 3.84. The van der Waals surface area contributed by atoms with Crippen LogP contribution in [0.1, 0.15) is 43.9 Å². The standard InChI is InChI=1S/C24H31N7.HI/c1-3-26-24(27-16-20-9-11-22(12-10-20)31-18-25-17-28-31)29-19(2)21-7-6-8-23(15-21)30-13-4-5-14-30;/h6-12,15,17-19H,3-5,13-14,16H2,1-2H3,(H2,26,27,29);1H. The lowest BCUT2D eigenvalue weighted by Crippen LogP contribution is -2.38. The van der Waals surface area contributed by atoms with E-state index in [-0.39, 0.29) is 30.0 Å². The van der Waals surface area contributed by atoms with Gasteiger partial charge in [-0.25, -0.2) is 14.7 Å². The Morgan fingerprint density at radius 2 is 1.88 bits per heavy atom. The monoisotopic (exact) mass is 545 g/mol. The van der Waals surface area contributed by atoms with Crippen molar-refractivity contribution in [3.63, 3.8) is 0 Å². The number of halogens is 1. The van der Waals surface area contributed by atoms with Crippen LogP contribution in [0.3, 0.4) is 0 Å². The summed E-state index contributed by atoms with van der Waals surface area (Å²) in [6, 6.07) is 17.2. The van der Waals surface area contributed by atoms with Crippen LogP contribution in [0, 0.1) is 0 Å². The Labute approximate surface area is 207 Å². The smallest absolute Gasteiger partial charge is 0.192 e. The van der Waals surface area contributed by atoms with E-state index in [0.29, 0.717) is 6.54 Å². The van der Waals surface area contributed by atoms with Crippen molar-refractivity contribution in [2.24, 2.45) is 4.99 Å². The molecule has 8 heteroatoms. The minimum atomic E-state index is 0. The lowest BCUT2D eigenvalue weighted by atomic mass is 10.1. The molecule has 0 radical (unpaired) electrons. The summed E-state index contributed by atoms with van der Waals surface area (Å²) < 4.78 is 1.75. The predicted molar refractivity (Wildman–Crippen MR) is 141 cm³/mol. The highest BCUT2D eigenvalue weighted by molar-refractivity contribution is 14.0. The van der Waals surface area contributed by atoms with Crippen LogP contribution < -0.4 is 15.5 Å². The van der Waals surface area contributed by atoms with Gasteiger partial charge in [-0.3, -0.25) is 0 Å². The van der Waals surface area contributed by atoms with Gasteiger partial charge in [-0.2, -0.15) is 5.10 Å². The second kappa shape index (κ2) is 11.8. The largest absolute Gasteiger partial charge is 0.372 e. The number of nitrogens with zero attached hydrogens (tertiary/aromatic N) is 5. The Kier molecular flexibility index (Phi) is 8.90. The first-order chi connectivity index (χ1) is 15.2. The first-order valence-corrected chi connectivity index (χ1v) is 11.1. The van der Waals surface area contributed by atoms with Gasteiger partial charge < -0.3 is 15.5 Å². The molecule has 1 aliphatic rings. The third-order valence-electron chi connectivity index (χ3n) is 5.58. The molecule has 1 aromatic heterocycles. The van der Waals surface area contributed by atoms with Crippen LogP contribution >= 0.6 is 24.0 Å². The van der Waals surface area contributed by atoms with Gasteiger partial charge in [0.25, 0.3) is 0 Å². The highest BCUT2D eigenvalue weighted by Gasteiger charge is 2.14. The number of aliphatic imine (C=N–C) groups is 1. The second-order valence-electron chi connectivity index (χ2n) is 7.86. The summed E-state index contributed by atoms with van der Waals surface area (Å²) in [5.74, 6) is 0.821. The van der Waals surface area contributed by atoms with Crippen LogP contribution in [0.5, 0.6) is 0 Å². The molecule has 1 fully saturated rings. The fourth-order valence-electron chi connectivity index (χ4n) is 3.84. The molecule has 0 amide bonds. The summed E-state index contributed by atoms with van der Waals surface area (Å²) in [6.45, 7) is 8.01. The maximum atomic E-state index is 4.79. The van der Waals surface area contributed by atoms with Crippen molar-refractivity contribution in [1.82, 2.24) is 25.4 Å². The average Bonchev–Trinajstić information content (AvgIpc) is 3.53. The van der Waals surface area contributed by atoms with Crippen molar-refractivity contribution in [3.8, 4) is 5.69 Å². The Hall–Kier alpha value is -2.62. The lowest BCUT2D eigenvalue weighted by Gasteiger charge is -2.22. The molecular formula is C24H32IN7.